The molecule has 0 aliphatic heterocycles. The van der Waals surface area contributed by atoms with Crippen LogP contribution in [0.4, 0.5) is 0 Å². The zero-order valence-electron chi connectivity index (χ0n) is 8.16. The quantitative estimate of drug-likeness (QED) is 0.579. The van der Waals surface area contributed by atoms with Gasteiger partial charge >= 0.3 is 5.69 Å². The average Bonchev–Trinajstić information content (AvgIpc) is 2.55. The lowest BCUT2D eigenvalue weighted by Gasteiger charge is -1.99. The second-order valence-electron chi connectivity index (χ2n) is 3.61. The lowest BCUT2D eigenvalue weighted by molar-refractivity contribution is 1.20. The standard InChI is InChI=1S/C11H9N3O/c1-6-3-2-4-7-5-8-10(13-9(6)7)14-11(15)12-8/h2-5H,1H3,(H2,12,13,14,15). The Morgan fingerprint density at radius 3 is 3.00 bits per heavy atom. The van der Waals surface area contributed by atoms with Crippen molar-refractivity contribution >= 4 is 22.1 Å². The summed E-state index contributed by atoms with van der Waals surface area (Å²) in [7, 11) is 0. The molecule has 2 aromatic heterocycles. The molecular formula is C11H9N3O. The molecule has 2 heterocycles. The monoisotopic (exact) mass is 199 g/mol. The Bertz CT molecular complexity index is 708. The van der Waals surface area contributed by atoms with Gasteiger partial charge in [0, 0.05) is 5.39 Å². The maximum absolute atomic E-state index is 11.1. The van der Waals surface area contributed by atoms with E-state index in [0.29, 0.717) is 5.65 Å². The third-order valence-corrected chi connectivity index (χ3v) is 2.53. The predicted octanol–water partition coefficient (Wildman–Crippen LogP) is 1.71. The smallest absolute Gasteiger partial charge is 0.304 e. The van der Waals surface area contributed by atoms with Crippen LogP contribution in [0.25, 0.3) is 22.1 Å². The normalized spacial score (nSPS) is 11.3. The largest absolute Gasteiger partial charge is 0.325 e. The first kappa shape index (κ1) is 8.23. The fourth-order valence-electron chi connectivity index (χ4n) is 1.80. The van der Waals surface area contributed by atoms with Crippen molar-refractivity contribution in [2.45, 2.75) is 6.92 Å². The van der Waals surface area contributed by atoms with Gasteiger partial charge in [-0.25, -0.2) is 9.78 Å². The molecule has 4 heteroatoms. The summed E-state index contributed by atoms with van der Waals surface area (Å²) in [6.07, 6.45) is 0. The van der Waals surface area contributed by atoms with Gasteiger partial charge in [-0.1, -0.05) is 18.2 Å². The lowest BCUT2D eigenvalue weighted by Crippen LogP contribution is -1.99. The van der Waals surface area contributed by atoms with Gasteiger partial charge in [0.05, 0.1) is 11.0 Å². The highest BCUT2D eigenvalue weighted by molar-refractivity contribution is 5.90. The summed E-state index contributed by atoms with van der Waals surface area (Å²) < 4.78 is 0. The number of hydrogen-bond donors (Lipinski definition) is 2. The molecule has 74 valence electrons. The minimum Gasteiger partial charge on any atom is -0.304 e. The van der Waals surface area contributed by atoms with Crippen LogP contribution < -0.4 is 5.69 Å². The van der Waals surface area contributed by atoms with E-state index in [4.69, 9.17) is 0 Å². The van der Waals surface area contributed by atoms with Crippen LogP contribution in [-0.4, -0.2) is 15.0 Å². The molecule has 0 spiro atoms. The van der Waals surface area contributed by atoms with Gasteiger partial charge in [0.2, 0.25) is 0 Å². The Labute approximate surface area is 85.0 Å². The van der Waals surface area contributed by atoms with Crippen molar-refractivity contribution in [2.75, 3.05) is 0 Å². The molecule has 3 rings (SSSR count). The summed E-state index contributed by atoms with van der Waals surface area (Å²) in [5, 5.41) is 1.04. The van der Waals surface area contributed by atoms with Crippen molar-refractivity contribution in [1.82, 2.24) is 15.0 Å². The maximum atomic E-state index is 11.1. The van der Waals surface area contributed by atoms with Gasteiger partial charge in [0.25, 0.3) is 0 Å². The van der Waals surface area contributed by atoms with Crippen molar-refractivity contribution in [3.8, 4) is 0 Å². The highest BCUT2D eigenvalue weighted by Crippen LogP contribution is 2.18. The number of pyridine rings is 1. The van der Waals surface area contributed by atoms with E-state index in [0.717, 1.165) is 22.0 Å². The number of H-pyrrole nitrogens is 2. The third-order valence-electron chi connectivity index (χ3n) is 2.53. The van der Waals surface area contributed by atoms with Crippen LogP contribution >= 0.6 is 0 Å². The predicted molar refractivity (Wildman–Crippen MR) is 59.0 cm³/mol. The summed E-state index contributed by atoms with van der Waals surface area (Å²) in [6, 6.07) is 7.91. The lowest BCUT2D eigenvalue weighted by atomic mass is 10.1. The number of aryl methyl sites for hydroxylation is 1. The molecule has 0 saturated carbocycles. The van der Waals surface area contributed by atoms with Crippen molar-refractivity contribution < 1.29 is 0 Å². The molecule has 0 bridgehead atoms. The molecule has 0 radical (unpaired) electrons. The van der Waals surface area contributed by atoms with Crippen molar-refractivity contribution in [1.29, 1.82) is 0 Å². The van der Waals surface area contributed by atoms with Gasteiger partial charge in [-0.2, -0.15) is 0 Å². The number of imidazole rings is 1. The number of aromatic amines is 2. The van der Waals surface area contributed by atoms with Crippen LogP contribution in [0, 0.1) is 6.92 Å². The first-order valence-corrected chi connectivity index (χ1v) is 4.72. The Hall–Kier alpha value is -2.10. The van der Waals surface area contributed by atoms with Crippen molar-refractivity contribution in [2.24, 2.45) is 0 Å². The van der Waals surface area contributed by atoms with E-state index in [9.17, 15) is 4.79 Å². The van der Waals surface area contributed by atoms with Crippen molar-refractivity contribution in [3.63, 3.8) is 0 Å². The fraction of sp³-hybridized carbons (Fsp3) is 0.0909. The molecule has 15 heavy (non-hydrogen) atoms. The number of nitrogens with one attached hydrogen (secondary N) is 2. The maximum Gasteiger partial charge on any atom is 0.325 e. The number of aromatic nitrogens is 3. The zero-order chi connectivity index (χ0) is 10.4. The number of nitrogens with zero attached hydrogens (tertiary/aromatic N) is 1. The van der Waals surface area contributed by atoms with E-state index >= 15 is 0 Å². The van der Waals surface area contributed by atoms with Crippen molar-refractivity contribution in [3.05, 3.63) is 40.3 Å². The van der Waals surface area contributed by atoms with Crippen LogP contribution in [-0.2, 0) is 0 Å². The molecule has 0 unspecified atom stereocenters. The van der Waals surface area contributed by atoms with E-state index in [1.165, 1.54) is 0 Å². The average molecular weight is 199 g/mol. The van der Waals surface area contributed by atoms with E-state index in [1.807, 2.05) is 31.2 Å². The second kappa shape index (κ2) is 2.70. The van der Waals surface area contributed by atoms with E-state index in [1.54, 1.807) is 0 Å². The minimum atomic E-state index is -0.217. The summed E-state index contributed by atoms with van der Waals surface area (Å²) in [6.45, 7) is 2.01. The molecule has 0 atom stereocenters. The van der Waals surface area contributed by atoms with Gasteiger partial charge in [0.1, 0.15) is 0 Å². The Balaban J connectivity index is 2.57. The third kappa shape index (κ3) is 1.15. The van der Waals surface area contributed by atoms with Crippen LogP contribution in [0.1, 0.15) is 5.56 Å². The van der Waals surface area contributed by atoms with Gasteiger partial charge in [-0.15, -0.1) is 0 Å². The molecular weight excluding hydrogens is 190 g/mol. The summed E-state index contributed by atoms with van der Waals surface area (Å²) >= 11 is 0. The second-order valence-corrected chi connectivity index (χ2v) is 3.61. The highest BCUT2D eigenvalue weighted by atomic mass is 16.1. The first-order chi connectivity index (χ1) is 7.24. The number of rotatable bonds is 0. The van der Waals surface area contributed by atoms with Crippen LogP contribution in [0.3, 0.4) is 0 Å². The van der Waals surface area contributed by atoms with E-state index in [2.05, 4.69) is 15.0 Å². The summed E-state index contributed by atoms with van der Waals surface area (Å²) in [5.41, 5.74) is 3.18. The molecule has 4 nitrogen and oxygen atoms in total. The first-order valence-electron chi connectivity index (χ1n) is 4.72. The highest BCUT2D eigenvalue weighted by Gasteiger charge is 2.03. The number of fused-ring (bicyclic) bond motifs is 2. The summed E-state index contributed by atoms with van der Waals surface area (Å²) in [5.74, 6) is 0. The number of benzene rings is 1. The molecule has 0 saturated heterocycles. The zero-order valence-corrected chi connectivity index (χ0v) is 8.16. The van der Waals surface area contributed by atoms with Gasteiger partial charge in [-0.05, 0) is 18.6 Å². The SMILES string of the molecule is Cc1cccc2cc3[nH]c(=O)[nH]c3nc12. The Kier molecular flexibility index (Phi) is 1.48. The molecule has 0 fully saturated rings. The minimum absolute atomic E-state index is 0.217. The topological polar surface area (TPSA) is 61.5 Å². The Morgan fingerprint density at radius 1 is 1.27 bits per heavy atom. The fourth-order valence-corrected chi connectivity index (χ4v) is 1.80. The van der Waals surface area contributed by atoms with E-state index < -0.39 is 0 Å². The number of hydrogen-bond acceptors (Lipinski definition) is 2. The van der Waals surface area contributed by atoms with Gasteiger partial charge < -0.3 is 4.98 Å². The molecule has 0 aliphatic carbocycles. The Morgan fingerprint density at radius 2 is 2.13 bits per heavy atom. The van der Waals surface area contributed by atoms with Crippen LogP contribution in [0.5, 0.6) is 0 Å². The molecule has 3 aromatic rings. The molecule has 0 amide bonds. The van der Waals surface area contributed by atoms with E-state index in [-0.39, 0.29) is 5.69 Å². The summed E-state index contributed by atoms with van der Waals surface area (Å²) in [4.78, 5) is 20.9. The molecule has 1 aromatic carbocycles. The van der Waals surface area contributed by atoms with Gasteiger partial charge in [0.15, 0.2) is 5.65 Å². The molecule has 2 N–H and O–H groups in total. The van der Waals surface area contributed by atoms with Crippen LogP contribution in [0.15, 0.2) is 29.1 Å². The van der Waals surface area contributed by atoms with Gasteiger partial charge in [-0.3, -0.25) is 4.98 Å². The molecule has 0 aliphatic rings. The van der Waals surface area contributed by atoms with Crippen LogP contribution in [0.2, 0.25) is 0 Å². The number of para-hydroxylation sites is 1.